The molecule has 1 aromatic heterocycles. The smallest absolute Gasteiger partial charge is 0.211 e. The van der Waals surface area contributed by atoms with E-state index in [1.807, 2.05) is 6.92 Å². The molecule has 1 atom stereocenters. The molecule has 1 aliphatic heterocycles. The van der Waals surface area contributed by atoms with Crippen LogP contribution in [0.15, 0.2) is 6.07 Å². The van der Waals surface area contributed by atoms with E-state index in [0.29, 0.717) is 24.7 Å². The molecule has 2 heterocycles. The summed E-state index contributed by atoms with van der Waals surface area (Å²) < 4.78 is 25.4. The van der Waals surface area contributed by atoms with Crippen molar-refractivity contribution < 1.29 is 13.5 Å². The molecular weight excluding hydrogens is 292 g/mol. The third kappa shape index (κ3) is 4.12. The first kappa shape index (κ1) is 16.1. The molecule has 2 N–H and O–H groups in total. The molecule has 0 aliphatic carbocycles. The number of piperidine rings is 1. The molecule has 1 unspecified atom stereocenters. The van der Waals surface area contributed by atoms with Crippen LogP contribution in [0.25, 0.3) is 0 Å². The van der Waals surface area contributed by atoms with Crippen LogP contribution in [0, 0.1) is 6.92 Å². The molecule has 7 nitrogen and oxygen atoms in total. The number of nitrogens with one attached hydrogen (secondary N) is 1. The van der Waals surface area contributed by atoms with Gasteiger partial charge in [-0.05, 0) is 19.8 Å². The first-order chi connectivity index (χ1) is 9.91. The Labute approximate surface area is 125 Å². The maximum Gasteiger partial charge on any atom is 0.211 e. The highest BCUT2D eigenvalue weighted by molar-refractivity contribution is 7.88. The first-order valence-electron chi connectivity index (χ1n) is 7.09. The number of hydrogen-bond donors (Lipinski definition) is 2. The van der Waals surface area contributed by atoms with Crippen molar-refractivity contribution in [2.45, 2.75) is 32.2 Å². The van der Waals surface area contributed by atoms with Gasteiger partial charge in [0, 0.05) is 24.8 Å². The van der Waals surface area contributed by atoms with Crippen LogP contribution in [-0.4, -0.2) is 53.7 Å². The topological polar surface area (TPSA) is 95.4 Å². The van der Waals surface area contributed by atoms with Crippen LogP contribution in [0.4, 0.5) is 5.82 Å². The molecule has 0 amide bonds. The van der Waals surface area contributed by atoms with Gasteiger partial charge in [0.25, 0.3) is 0 Å². The van der Waals surface area contributed by atoms with Crippen LogP contribution in [-0.2, 0) is 10.0 Å². The van der Waals surface area contributed by atoms with Crippen LogP contribution in [0.3, 0.4) is 0 Å². The van der Waals surface area contributed by atoms with Gasteiger partial charge in [-0.15, -0.1) is 0 Å². The zero-order valence-corrected chi connectivity index (χ0v) is 13.2. The average molecular weight is 314 g/mol. The number of sulfonamides is 1. The van der Waals surface area contributed by atoms with Gasteiger partial charge in [0.2, 0.25) is 10.0 Å². The standard InChI is InChI=1S/C13H22N4O3S/c1-10-9-12(14-6-8-18)16-13(15-10)11-5-3-4-7-17(11)21(2,19)20/h9,11,18H,3-8H2,1-2H3,(H,14,15,16). The van der Waals surface area contributed by atoms with Crippen molar-refractivity contribution in [3.63, 3.8) is 0 Å². The predicted octanol–water partition coefficient (Wildman–Crippen LogP) is 0.676. The molecular formula is C13H22N4O3S. The highest BCUT2D eigenvalue weighted by Crippen LogP contribution is 2.31. The first-order valence-corrected chi connectivity index (χ1v) is 8.94. The average Bonchev–Trinajstić information content (AvgIpc) is 2.43. The summed E-state index contributed by atoms with van der Waals surface area (Å²) in [7, 11) is -3.27. The highest BCUT2D eigenvalue weighted by Gasteiger charge is 2.32. The summed E-state index contributed by atoms with van der Waals surface area (Å²) >= 11 is 0. The zero-order valence-electron chi connectivity index (χ0n) is 12.4. The molecule has 0 radical (unpaired) electrons. The Bertz CT molecular complexity index is 591. The summed E-state index contributed by atoms with van der Waals surface area (Å²) in [6.07, 6.45) is 3.79. The fourth-order valence-corrected chi connectivity index (χ4v) is 3.70. The van der Waals surface area contributed by atoms with E-state index in [4.69, 9.17) is 5.11 Å². The fourth-order valence-electron chi connectivity index (χ4n) is 2.58. The Morgan fingerprint density at radius 3 is 2.86 bits per heavy atom. The highest BCUT2D eigenvalue weighted by atomic mass is 32.2. The van der Waals surface area contributed by atoms with Crippen molar-refractivity contribution in [2.75, 3.05) is 31.3 Å². The van der Waals surface area contributed by atoms with Gasteiger partial charge in [0.05, 0.1) is 18.9 Å². The largest absolute Gasteiger partial charge is 0.395 e. The van der Waals surface area contributed by atoms with Crippen LogP contribution < -0.4 is 5.32 Å². The van der Waals surface area contributed by atoms with E-state index in [-0.39, 0.29) is 12.6 Å². The maximum atomic E-state index is 11.9. The summed E-state index contributed by atoms with van der Waals surface area (Å²) in [6, 6.07) is 1.48. The third-order valence-corrected chi connectivity index (χ3v) is 4.76. The Hall–Kier alpha value is -1.25. The lowest BCUT2D eigenvalue weighted by molar-refractivity contribution is 0.248. The number of aromatic nitrogens is 2. The van der Waals surface area contributed by atoms with Crippen LogP contribution in [0.5, 0.6) is 0 Å². The van der Waals surface area contributed by atoms with E-state index in [0.717, 1.165) is 25.0 Å². The summed E-state index contributed by atoms with van der Waals surface area (Å²) in [6.45, 7) is 2.77. The summed E-state index contributed by atoms with van der Waals surface area (Å²) in [4.78, 5) is 8.83. The van der Waals surface area contributed by atoms with Gasteiger partial charge in [-0.2, -0.15) is 4.31 Å². The van der Waals surface area contributed by atoms with Crippen molar-refractivity contribution >= 4 is 15.8 Å². The Balaban J connectivity index is 2.32. The van der Waals surface area contributed by atoms with Crippen molar-refractivity contribution in [1.82, 2.24) is 14.3 Å². The lowest BCUT2D eigenvalue weighted by atomic mass is 10.0. The van der Waals surface area contributed by atoms with Gasteiger partial charge >= 0.3 is 0 Å². The second kappa shape index (κ2) is 6.67. The molecule has 0 saturated carbocycles. The summed E-state index contributed by atoms with van der Waals surface area (Å²) in [5, 5.41) is 11.9. The van der Waals surface area contributed by atoms with E-state index in [1.165, 1.54) is 10.6 Å². The van der Waals surface area contributed by atoms with Crippen molar-refractivity contribution in [1.29, 1.82) is 0 Å². The second-order valence-corrected chi connectivity index (χ2v) is 7.22. The molecule has 1 fully saturated rings. The van der Waals surface area contributed by atoms with Crippen LogP contribution in [0.2, 0.25) is 0 Å². The van der Waals surface area contributed by atoms with E-state index in [1.54, 1.807) is 6.07 Å². The molecule has 0 bridgehead atoms. The Kier molecular flexibility index (Phi) is 5.13. The van der Waals surface area contributed by atoms with Gasteiger partial charge in [-0.1, -0.05) is 6.42 Å². The number of hydrogen-bond acceptors (Lipinski definition) is 6. The number of rotatable bonds is 5. The summed E-state index contributed by atoms with van der Waals surface area (Å²) in [5.74, 6) is 1.14. The molecule has 118 valence electrons. The number of nitrogens with zero attached hydrogens (tertiary/aromatic N) is 3. The SMILES string of the molecule is Cc1cc(NCCO)nc(C2CCCCN2S(C)(=O)=O)n1. The normalized spacial score (nSPS) is 20.4. The minimum atomic E-state index is -3.27. The fraction of sp³-hybridized carbons (Fsp3) is 0.692. The third-order valence-electron chi connectivity index (χ3n) is 3.47. The zero-order chi connectivity index (χ0) is 15.5. The van der Waals surface area contributed by atoms with E-state index in [2.05, 4.69) is 15.3 Å². The predicted molar refractivity (Wildman–Crippen MR) is 80.5 cm³/mol. The maximum absolute atomic E-state index is 11.9. The minimum Gasteiger partial charge on any atom is -0.395 e. The quantitative estimate of drug-likeness (QED) is 0.829. The van der Waals surface area contributed by atoms with Gasteiger partial charge in [0.1, 0.15) is 11.6 Å². The van der Waals surface area contributed by atoms with Crippen molar-refractivity contribution in [3.8, 4) is 0 Å². The Morgan fingerprint density at radius 2 is 2.19 bits per heavy atom. The van der Waals surface area contributed by atoms with Gasteiger partial charge in [0.15, 0.2) is 0 Å². The molecule has 0 spiro atoms. The van der Waals surface area contributed by atoms with E-state index in [9.17, 15) is 8.42 Å². The van der Waals surface area contributed by atoms with Crippen LogP contribution >= 0.6 is 0 Å². The van der Waals surface area contributed by atoms with Gasteiger partial charge in [-0.3, -0.25) is 0 Å². The monoisotopic (exact) mass is 314 g/mol. The van der Waals surface area contributed by atoms with Crippen molar-refractivity contribution in [2.24, 2.45) is 0 Å². The van der Waals surface area contributed by atoms with Gasteiger partial charge in [-0.25, -0.2) is 18.4 Å². The molecule has 1 aliphatic rings. The number of aryl methyl sites for hydroxylation is 1. The lowest BCUT2D eigenvalue weighted by Crippen LogP contribution is -2.38. The molecule has 0 aromatic carbocycles. The summed E-state index contributed by atoms with van der Waals surface area (Å²) in [5.41, 5.74) is 0.777. The number of anilines is 1. The second-order valence-electron chi connectivity index (χ2n) is 5.29. The molecule has 1 saturated heterocycles. The van der Waals surface area contributed by atoms with Crippen molar-refractivity contribution in [3.05, 3.63) is 17.6 Å². The minimum absolute atomic E-state index is 0.0112. The number of aliphatic hydroxyl groups excluding tert-OH is 1. The molecule has 21 heavy (non-hydrogen) atoms. The molecule has 8 heteroatoms. The Morgan fingerprint density at radius 1 is 1.43 bits per heavy atom. The molecule has 2 rings (SSSR count). The van der Waals surface area contributed by atoms with E-state index >= 15 is 0 Å². The van der Waals surface area contributed by atoms with Gasteiger partial charge < -0.3 is 10.4 Å². The van der Waals surface area contributed by atoms with Crippen LogP contribution in [0.1, 0.15) is 36.8 Å². The number of aliphatic hydroxyl groups is 1. The van der Waals surface area contributed by atoms with E-state index < -0.39 is 10.0 Å². The molecule has 1 aromatic rings. The lowest BCUT2D eigenvalue weighted by Gasteiger charge is -2.32.